The number of aromatic nitrogens is 1. The van der Waals surface area contributed by atoms with Crippen LogP contribution >= 0.6 is 11.3 Å². The van der Waals surface area contributed by atoms with Gasteiger partial charge in [0.15, 0.2) is 15.0 Å². The monoisotopic (exact) mass is 303 g/mol. The maximum Gasteiger partial charge on any atom is 0.185 e. The fourth-order valence-corrected chi connectivity index (χ4v) is 4.18. The van der Waals surface area contributed by atoms with Crippen molar-refractivity contribution >= 4 is 26.3 Å². The van der Waals surface area contributed by atoms with Gasteiger partial charge in [0.1, 0.15) is 0 Å². The number of rotatable bonds is 4. The highest BCUT2D eigenvalue weighted by Gasteiger charge is 2.24. The van der Waals surface area contributed by atoms with Crippen LogP contribution in [0.2, 0.25) is 0 Å². The first kappa shape index (κ1) is 14.7. The molecule has 2 heterocycles. The van der Waals surface area contributed by atoms with Crippen molar-refractivity contribution in [2.24, 2.45) is 0 Å². The van der Waals surface area contributed by atoms with Crippen LogP contribution in [0.4, 0.5) is 5.13 Å². The molecule has 0 atom stereocenters. The lowest BCUT2D eigenvalue weighted by Gasteiger charge is -2.25. The number of thiazole rings is 1. The Kier molecular flexibility index (Phi) is 4.47. The van der Waals surface area contributed by atoms with Gasteiger partial charge in [0, 0.05) is 30.6 Å². The Morgan fingerprint density at radius 3 is 2.58 bits per heavy atom. The summed E-state index contributed by atoms with van der Waals surface area (Å²) in [5.74, 6) is 0.483. The van der Waals surface area contributed by atoms with Gasteiger partial charge in [-0.2, -0.15) is 0 Å². The standard InChI is InChI=1S/C12H21N3O2S2/c1-9(2)13-8-11-10(3)14-12(18-11)15-4-6-19(16,17)7-5-15/h9,13H,4-8H2,1-3H3. The van der Waals surface area contributed by atoms with E-state index in [9.17, 15) is 8.42 Å². The van der Waals surface area contributed by atoms with Crippen molar-refractivity contribution in [3.8, 4) is 0 Å². The molecule has 1 aliphatic heterocycles. The van der Waals surface area contributed by atoms with Gasteiger partial charge in [-0.25, -0.2) is 13.4 Å². The first-order valence-corrected chi connectivity index (χ1v) is 9.16. The molecule has 1 fully saturated rings. The largest absolute Gasteiger partial charge is 0.346 e. The summed E-state index contributed by atoms with van der Waals surface area (Å²) in [4.78, 5) is 7.88. The van der Waals surface area contributed by atoms with E-state index in [4.69, 9.17) is 0 Å². The van der Waals surface area contributed by atoms with Crippen LogP contribution in [0.5, 0.6) is 0 Å². The summed E-state index contributed by atoms with van der Waals surface area (Å²) in [5.41, 5.74) is 1.04. The van der Waals surface area contributed by atoms with E-state index >= 15 is 0 Å². The average molecular weight is 303 g/mol. The van der Waals surface area contributed by atoms with E-state index < -0.39 is 9.84 Å². The summed E-state index contributed by atoms with van der Waals surface area (Å²) in [7, 11) is -2.83. The third-order valence-corrected chi connectivity index (χ3v) is 5.99. The second-order valence-electron chi connectivity index (χ2n) is 5.18. The maximum absolute atomic E-state index is 11.4. The van der Waals surface area contributed by atoms with Crippen LogP contribution in [0.25, 0.3) is 0 Å². The molecular weight excluding hydrogens is 282 g/mol. The van der Waals surface area contributed by atoms with Gasteiger partial charge in [-0.1, -0.05) is 13.8 Å². The van der Waals surface area contributed by atoms with Gasteiger partial charge in [-0.15, -0.1) is 11.3 Å². The van der Waals surface area contributed by atoms with Crippen molar-refractivity contribution in [2.45, 2.75) is 33.4 Å². The topological polar surface area (TPSA) is 62.3 Å². The molecule has 1 aromatic heterocycles. The summed E-state index contributed by atoms with van der Waals surface area (Å²) in [5, 5.41) is 4.34. The number of hydrogen-bond acceptors (Lipinski definition) is 6. The van der Waals surface area contributed by atoms with E-state index in [1.54, 1.807) is 11.3 Å². The van der Waals surface area contributed by atoms with Crippen LogP contribution in [-0.4, -0.2) is 44.0 Å². The molecule has 0 bridgehead atoms. The van der Waals surface area contributed by atoms with E-state index in [1.807, 2.05) is 6.92 Å². The molecule has 0 amide bonds. The van der Waals surface area contributed by atoms with Gasteiger partial charge in [-0.3, -0.25) is 0 Å². The Bertz CT molecular complexity index is 523. The quantitative estimate of drug-likeness (QED) is 0.905. The van der Waals surface area contributed by atoms with Crippen molar-refractivity contribution < 1.29 is 8.42 Å². The molecule has 1 N–H and O–H groups in total. The van der Waals surface area contributed by atoms with Gasteiger partial charge >= 0.3 is 0 Å². The number of nitrogens with zero attached hydrogens (tertiary/aromatic N) is 2. The molecule has 5 nitrogen and oxygen atoms in total. The SMILES string of the molecule is Cc1nc(N2CCS(=O)(=O)CC2)sc1CNC(C)C. The second-order valence-corrected chi connectivity index (χ2v) is 8.55. The lowest BCUT2D eigenvalue weighted by atomic mass is 10.3. The molecular formula is C12H21N3O2S2. The molecule has 108 valence electrons. The maximum atomic E-state index is 11.4. The summed E-state index contributed by atoms with van der Waals surface area (Å²) in [6, 6.07) is 0.449. The number of nitrogens with one attached hydrogen (secondary N) is 1. The smallest absolute Gasteiger partial charge is 0.185 e. The molecule has 0 aromatic carbocycles. The van der Waals surface area contributed by atoms with E-state index in [0.717, 1.165) is 17.4 Å². The van der Waals surface area contributed by atoms with Crippen LogP contribution in [0.1, 0.15) is 24.4 Å². The molecule has 2 rings (SSSR count). The molecule has 1 aliphatic rings. The molecule has 0 unspecified atom stereocenters. The Morgan fingerprint density at radius 1 is 1.37 bits per heavy atom. The summed E-state index contributed by atoms with van der Waals surface area (Å²) in [6.07, 6.45) is 0. The third-order valence-electron chi connectivity index (χ3n) is 3.17. The van der Waals surface area contributed by atoms with Crippen LogP contribution in [0.3, 0.4) is 0 Å². The summed E-state index contributed by atoms with van der Waals surface area (Å²) in [6.45, 7) is 8.20. The zero-order valence-corrected chi connectivity index (χ0v) is 13.3. The second kappa shape index (κ2) is 5.76. The number of aryl methyl sites for hydroxylation is 1. The Labute approximate surface area is 119 Å². The van der Waals surface area contributed by atoms with Gasteiger partial charge in [0.2, 0.25) is 0 Å². The molecule has 0 radical (unpaired) electrons. The zero-order valence-electron chi connectivity index (χ0n) is 11.6. The number of hydrogen-bond donors (Lipinski definition) is 1. The van der Waals surface area contributed by atoms with Crippen LogP contribution < -0.4 is 10.2 Å². The van der Waals surface area contributed by atoms with Crippen molar-refractivity contribution in [3.63, 3.8) is 0 Å². The fourth-order valence-electron chi connectivity index (χ4n) is 1.91. The summed E-state index contributed by atoms with van der Waals surface area (Å²) >= 11 is 1.67. The van der Waals surface area contributed by atoms with E-state index in [0.29, 0.717) is 19.1 Å². The van der Waals surface area contributed by atoms with Crippen molar-refractivity contribution in [3.05, 3.63) is 10.6 Å². The first-order valence-electron chi connectivity index (χ1n) is 6.52. The minimum Gasteiger partial charge on any atom is -0.346 e. The van der Waals surface area contributed by atoms with Gasteiger partial charge < -0.3 is 10.2 Å². The van der Waals surface area contributed by atoms with E-state index in [1.165, 1.54) is 4.88 Å². The zero-order chi connectivity index (χ0) is 14.0. The Hall–Kier alpha value is -0.660. The van der Waals surface area contributed by atoms with Crippen molar-refractivity contribution in [1.29, 1.82) is 0 Å². The molecule has 0 saturated carbocycles. The van der Waals surface area contributed by atoms with Gasteiger partial charge in [0.05, 0.1) is 17.2 Å². The minimum absolute atomic E-state index is 0.241. The van der Waals surface area contributed by atoms with Crippen molar-refractivity contribution in [1.82, 2.24) is 10.3 Å². The fraction of sp³-hybridized carbons (Fsp3) is 0.750. The first-order chi connectivity index (χ1) is 8.87. The molecule has 0 spiro atoms. The van der Waals surface area contributed by atoms with Crippen LogP contribution in [0, 0.1) is 6.92 Å². The molecule has 7 heteroatoms. The van der Waals surface area contributed by atoms with Crippen LogP contribution in [-0.2, 0) is 16.4 Å². The Balaban J connectivity index is 2.04. The highest BCUT2D eigenvalue weighted by Crippen LogP contribution is 2.27. The molecule has 1 saturated heterocycles. The average Bonchev–Trinajstić information content (AvgIpc) is 2.68. The van der Waals surface area contributed by atoms with Gasteiger partial charge in [-0.05, 0) is 6.92 Å². The molecule has 0 aliphatic carbocycles. The van der Waals surface area contributed by atoms with E-state index in [2.05, 4.69) is 29.0 Å². The predicted molar refractivity (Wildman–Crippen MR) is 79.7 cm³/mol. The lowest BCUT2D eigenvalue weighted by molar-refractivity contribution is 0.586. The summed E-state index contributed by atoms with van der Waals surface area (Å²) < 4.78 is 22.8. The normalized spacial score (nSPS) is 19.1. The molecule has 19 heavy (non-hydrogen) atoms. The minimum atomic E-state index is -2.83. The number of anilines is 1. The highest BCUT2D eigenvalue weighted by molar-refractivity contribution is 7.91. The highest BCUT2D eigenvalue weighted by atomic mass is 32.2. The predicted octanol–water partition coefficient (Wildman–Crippen LogP) is 1.18. The number of sulfone groups is 1. The van der Waals surface area contributed by atoms with Crippen molar-refractivity contribution in [2.75, 3.05) is 29.5 Å². The van der Waals surface area contributed by atoms with Gasteiger partial charge in [0.25, 0.3) is 0 Å². The Morgan fingerprint density at radius 2 is 2.00 bits per heavy atom. The van der Waals surface area contributed by atoms with E-state index in [-0.39, 0.29) is 11.5 Å². The molecule has 1 aromatic rings. The lowest BCUT2D eigenvalue weighted by Crippen LogP contribution is -2.40. The van der Waals surface area contributed by atoms with Crippen LogP contribution in [0.15, 0.2) is 0 Å². The third kappa shape index (κ3) is 3.90.